The number of Topliss-reactive ketones (excluding diaryl/α,β-unsaturated/α-hetero) is 1. The third-order valence-electron chi connectivity index (χ3n) is 1.32. The van der Waals surface area contributed by atoms with Crippen molar-refractivity contribution >= 4 is 16.4 Å². The molecule has 0 radical (unpaired) electrons. The van der Waals surface area contributed by atoms with E-state index < -0.39 is 10.6 Å². The van der Waals surface area contributed by atoms with Gasteiger partial charge in [-0.15, -0.1) is 0 Å². The summed E-state index contributed by atoms with van der Waals surface area (Å²) in [5.41, 5.74) is 0. The molecule has 0 saturated carbocycles. The van der Waals surface area contributed by atoms with E-state index in [0.717, 1.165) is 0 Å². The molecular formula is C5H10O3S. The number of ketones is 1. The van der Waals surface area contributed by atoms with Gasteiger partial charge >= 0.3 is 0 Å². The van der Waals surface area contributed by atoms with Crippen LogP contribution in [0.15, 0.2) is 0 Å². The van der Waals surface area contributed by atoms with E-state index in [0.29, 0.717) is 18.6 Å². The number of hydrogen-bond donors (Lipinski definition) is 2. The van der Waals surface area contributed by atoms with Crippen LogP contribution in [0.2, 0.25) is 0 Å². The molecule has 9 heavy (non-hydrogen) atoms. The van der Waals surface area contributed by atoms with Crippen LogP contribution in [0.4, 0.5) is 0 Å². The molecule has 1 aliphatic rings. The lowest BCUT2D eigenvalue weighted by Gasteiger charge is -2.34. The maximum atomic E-state index is 10.6. The van der Waals surface area contributed by atoms with Crippen molar-refractivity contribution in [3.8, 4) is 0 Å². The van der Waals surface area contributed by atoms with Gasteiger partial charge in [-0.25, -0.2) is 0 Å². The van der Waals surface area contributed by atoms with E-state index in [1.807, 2.05) is 0 Å². The Labute approximate surface area is 55.4 Å². The van der Waals surface area contributed by atoms with E-state index in [1.165, 1.54) is 0 Å². The molecule has 0 aromatic carbocycles. The van der Waals surface area contributed by atoms with E-state index in [9.17, 15) is 4.79 Å². The van der Waals surface area contributed by atoms with Crippen molar-refractivity contribution in [2.75, 3.05) is 11.5 Å². The first kappa shape index (κ1) is 7.05. The smallest absolute Gasteiger partial charge is 0.151 e. The van der Waals surface area contributed by atoms with Gasteiger partial charge in [0.2, 0.25) is 0 Å². The fraction of sp³-hybridized carbons (Fsp3) is 0.800. The van der Waals surface area contributed by atoms with Crippen molar-refractivity contribution < 1.29 is 13.9 Å². The lowest BCUT2D eigenvalue weighted by atomic mass is 10.2. The average molecular weight is 150 g/mol. The molecule has 0 amide bonds. The molecule has 0 spiro atoms. The van der Waals surface area contributed by atoms with Crippen molar-refractivity contribution in [2.24, 2.45) is 0 Å². The van der Waals surface area contributed by atoms with Crippen LogP contribution in [-0.2, 0) is 4.79 Å². The Balaban J connectivity index is 2.51. The van der Waals surface area contributed by atoms with Crippen LogP contribution < -0.4 is 0 Å². The molecule has 2 N–H and O–H groups in total. The zero-order valence-electron chi connectivity index (χ0n) is 5.04. The van der Waals surface area contributed by atoms with Gasteiger partial charge in [0.05, 0.1) is 5.75 Å². The third-order valence-corrected chi connectivity index (χ3v) is 3.05. The molecule has 0 aromatic rings. The zero-order valence-corrected chi connectivity index (χ0v) is 5.86. The second kappa shape index (κ2) is 2.28. The standard InChI is InChI=1S/C5H10O3S/c6-5-2-1-3-9(7,8)4-5/h7-8H,1-4H2. The van der Waals surface area contributed by atoms with Crippen LogP contribution in [0.3, 0.4) is 0 Å². The van der Waals surface area contributed by atoms with E-state index in [1.54, 1.807) is 0 Å². The van der Waals surface area contributed by atoms with Gasteiger partial charge in [0, 0.05) is 12.2 Å². The normalized spacial score (nSPS) is 29.8. The molecule has 1 rings (SSSR count). The molecule has 1 heterocycles. The number of rotatable bonds is 0. The molecule has 1 aliphatic heterocycles. The van der Waals surface area contributed by atoms with Gasteiger partial charge in [0.1, 0.15) is 0 Å². The molecule has 54 valence electrons. The second-order valence-electron chi connectivity index (χ2n) is 2.29. The Morgan fingerprint density at radius 2 is 2.11 bits per heavy atom. The van der Waals surface area contributed by atoms with Crippen LogP contribution in [0.1, 0.15) is 12.8 Å². The number of hydrogen-bond acceptors (Lipinski definition) is 3. The molecular weight excluding hydrogens is 140 g/mol. The summed E-state index contributed by atoms with van der Waals surface area (Å²) < 4.78 is 17.9. The van der Waals surface area contributed by atoms with E-state index >= 15 is 0 Å². The topological polar surface area (TPSA) is 57.5 Å². The monoisotopic (exact) mass is 150 g/mol. The average Bonchev–Trinajstić information content (AvgIpc) is 1.60. The Kier molecular flexibility index (Phi) is 1.79. The van der Waals surface area contributed by atoms with Gasteiger partial charge in [-0.3, -0.25) is 13.9 Å². The fourth-order valence-electron chi connectivity index (χ4n) is 0.903. The summed E-state index contributed by atoms with van der Waals surface area (Å²) in [6.07, 6.45) is 1.16. The van der Waals surface area contributed by atoms with Crippen molar-refractivity contribution in [3.05, 3.63) is 0 Å². The molecule has 4 heteroatoms. The lowest BCUT2D eigenvalue weighted by molar-refractivity contribution is -0.117. The summed E-state index contributed by atoms with van der Waals surface area (Å²) >= 11 is 0. The van der Waals surface area contributed by atoms with E-state index in [-0.39, 0.29) is 11.5 Å². The second-order valence-corrected chi connectivity index (χ2v) is 4.59. The first-order chi connectivity index (χ1) is 4.10. The van der Waals surface area contributed by atoms with Gasteiger partial charge < -0.3 is 0 Å². The van der Waals surface area contributed by atoms with Crippen molar-refractivity contribution in [3.63, 3.8) is 0 Å². The van der Waals surface area contributed by atoms with E-state index in [2.05, 4.69) is 0 Å². The number of carbonyl (C=O) groups is 1. The fourth-order valence-corrected chi connectivity index (χ4v) is 2.31. The first-order valence-electron chi connectivity index (χ1n) is 2.85. The Bertz CT molecular complexity index is 132. The summed E-state index contributed by atoms with van der Waals surface area (Å²) in [4.78, 5) is 10.6. The summed E-state index contributed by atoms with van der Waals surface area (Å²) in [7, 11) is -2.48. The maximum absolute atomic E-state index is 10.6. The molecule has 3 nitrogen and oxygen atoms in total. The SMILES string of the molecule is O=C1CCCS(O)(O)C1. The minimum Gasteiger partial charge on any atom is -0.299 e. The zero-order chi connectivity index (χ0) is 6.91. The predicted octanol–water partition coefficient (Wildman–Crippen LogP) is 1.10. The first-order valence-corrected chi connectivity index (χ1v) is 4.74. The largest absolute Gasteiger partial charge is 0.299 e. The minimum atomic E-state index is -2.48. The third kappa shape index (κ3) is 1.97. The van der Waals surface area contributed by atoms with Gasteiger partial charge in [0.25, 0.3) is 0 Å². The summed E-state index contributed by atoms with van der Waals surface area (Å²) in [6.45, 7) is 0. The molecule has 0 aromatic heterocycles. The van der Waals surface area contributed by atoms with Crippen molar-refractivity contribution in [1.29, 1.82) is 0 Å². The highest BCUT2D eigenvalue weighted by atomic mass is 32.3. The Morgan fingerprint density at radius 3 is 2.44 bits per heavy atom. The highest BCUT2D eigenvalue weighted by Gasteiger charge is 2.22. The molecule has 0 bridgehead atoms. The molecule has 1 saturated heterocycles. The van der Waals surface area contributed by atoms with Gasteiger partial charge in [0.15, 0.2) is 5.78 Å². The summed E-state index contributed by atoms with van der Waals surface area (Å²) in [5.74, 6) is 0.396. The van der Waals surface area contributed by atoms with Crippen LogP contribution in [0.5, 0.6) is 0 Å². The van der Waals surface area contributed by atoms with Crippen molar-refractivity contribution in [1.82, 2.24) is 0 Å². The van der Waals surface area contributed by atoms with Gasteiger partial charge in [-0.2, -0.15) is 10.6 Å². The Morgan fingerprint density at radius 1 is 1.44 bits per heavy atom. The van der Waals surface area contributed by atoms with Crippen molar-refractivity contribution in [2.45, 2.75) is 12.8 Å². The van der Waals surface area contributed by atoms with E-state index in [4.69, 9.17) is 9.11 Å². The Hall–Kier alpha value is -0.0600. The quantitative estimate of drug-likeness (QED) is 0.543. The van der Waals surface area contributed by atoms with Gasteiger partial charge in [-0.1, -0.05) is 0 Å². The highest BCUT2D eigenvalue weighted by Crippen LogP contribution is 2.42. The van der Waals surface area contributed by atoms with Crippen LogP contribution >= 0.6 is 10.6 Å². The van der Waals surface area contributed by atoms with Crippen LogP contribution in [-0.4, -0.2) is 26.4 Å². The van der Waals surface area contributed by atoms with Gasteiger partial charge in [-0.05, 0) is 6.42 Å². The minimum absolute atomic E-state index is 0.00694. The molecule has 0 unspecified atom stereocenters. The lowest BCUT2D eigenvalue weighted by Crippen LogP contribution is -2.21. The molecule has 0 atom stereocenters. The summed E-state index contributed by atoms with van der Waals surface area (Å²) in [5, 5.41) is 0. The van der Waals surface area contributed by atoms with Crippen LogP contribution in [0.25, 0.3) is 0 Å². The molecule has 0 aliphatic carbocycles. The predicted molar refractivity (Wildman–Crippen MR) is 36.8 cm³/mol. The number of carbonyl (C=O) groups excluding carboxylic acids is 1. The maximum Gasteiger partial charge on any atom is 0.151 e. The van der Waals surface area contributed by atoms with Crippen LogP contribution in [0, 0.1) is 0 Å². The molecule has 1 fully saturated rings. The highest BCUT2D eigenvalue weighted by molar-refractivity contribution is 8.24. The summed E-state index contributed by atoms with van der Waals surface area (Å²) in [6, 6.07) is 0.